The number of ether oxygens (including phenoxy) is 1. The lowest BCUT2D eigenvalue weighted by atomic mass is 10.1. The minimum absolute atomic E-state index is 0.0693. The molecule has 0 bridgehead atoms. The Morgan fingerprint density at radius 3 is 2.66 bits per heavy atom. The maximum Gasteiger partial charge on any atom is 0.250 e. The van der Waals surface area contributed by atoms with E-state index in [1.165, 1.54) is 6.08 Å². The Hall–Kier alpha value is -2.44. The third kappa shape index (κ3) is 5.34. The van der Waals surface area contributed by atoms with Gasteiger partial charge in [-0.3, -0.25) is 0 Å². The van der Waals surface area contributed by atoms with Gasteiger partial charge in [-0.05, 0) is 46.5 Å². The van der Waals surface area contributed by atoms with Gasteiger partial charge in [0.1, 0.15) is 6.07 Å². The Kier molecular flexibility index (Phi) is 6.87. The normalized spacial score (nSPS) is 16.6. The number of hydrogen-bond acceptors (Lipinski definition) is 6. The van der Waals surface area contributed by atoms with Gasteiger partial charge < -0.3 is 14.7 Å². The molecule has 1 fully saturated rings. The van der Waals surface area contributed by atoms with Gasteiger partial charge in [-0.2, -0.15) is 5.26 Å². The van der Waals surface area contributed by atoms with Gasteiger partial charge in [0, 0.05) is 31.9 Å². The fraction of sp³-hybridized carbons (Fsp3) is 0.381. The summed E-state index contributed by atoms with van der Waals surface area (Å²) in [5, 5.41) is 20.4. The van der Waals surface area contributed by atoms with Crippen LogP contribution in [0, 0.1) is 17.2 Å². The van der Waals surface area contributed by atoms with E-state index in [0.29, 0.717) is 5.56 Å². The van der Waals surface area contributed by atoms with Crippen molar-refractivity contribution in [3.05, 3.63) is 46.9 Å². The molecule has 1 atom stereocenters. The van der Waals surface area contributed by atoms with E-state index < -0.39 is 10.0 Å². The van der Waals surface area contributed by atoms with Crippen LogP contribution in [0.3, 0.4) is 0 Å². The third-order valence-corrected chi connectivity index (χ3v) is 6.19. The molecule has 29 heavy (non-hydrogen) atoms. The molecule has 154 valence electrons. The van der Waals surface area contributed by atoms with E-state index in [0.717, 1.165) is 42.8 Å². The topological polar surface area (TPSA) is 103 Å². The number of nitrogens with zero attached hydrogens (tertiary/aromatic N) is 2. The van der Waals surface area contributed by atoms with Crippen molar-refractivity contribution in [2.75, 3.05) is 44.4 Å². The van der Waals surface area contributed by atoms with Gasteiger partial charge in [-0.15, -0.1) is 0 Å². The standard InChI is InChI=1S/C21H25N3O4S/c1-16(15-25)14-23-29(26,27)21(13-22)11-17-2-3-19-12-20(5-4-18(19)10-17)24-6-8-28-9-7-24/h2-5,10-12,16,23,25H,6-9,14-15H2,1H3/b21-11+. The summed E-state index contributed by atoms with van der Waals surface area (Å²) in [6.45, 7) is 4.81. The first-order chi connectivity index (χ1) is 13.9. The number of nitrogens with one attached hydrogen (secondary N) is 1. The molecule has 0 aromatic heterocycles. The number of aliphatic hydroxyl groups is 1. The SMILES string of the molecule is CC(CO)CNS(=O)(=O)/C(C#N)=C/c1ccc2cc(N3CCOCC3)ccc2c1. The first-order valence-electron chi connectivity index (χ1n) is 9.52. The number of fused-ring (bicyclic) bond motifs is 1. The summed E-state index contributed by atoms with van der Waals surface area (Å²) in [5.74, 6) is -0.231. The minimum Gasteiger partial charge on any atom is -0.396 e. The molecule has 0 spiro atoms. The first kappa shape index (κ1) is 21.3. The summed E-state index contributed by atoms with van der Waals surface area (Å²) in [6, 6.07) is 13.5. The number of hydrogen-bond donors (Lipinski definition) is 2. The van der Waals surface area contributed by atoms with Gasteiger partial charge in [0.2, 0.25) is 0 Å². The van der Waals surface area contributed by atoms with Crippen molar-refractivity contribution < 1.29 is 18.3 Å². The highest BCUT2D eigenvalue weighted by Gasteiger charge is 2.18. The molecule has 0 radical (unpaired) electrons. The number of allylic oxidation sites excluding steroid dienone is 1. The van der Waals surface area contributed by atoms with E-state index >= 15 is 0 Å². The second kappa shape index (κ2) is 9.37. The Bertz CT molecular complexity index is 1040. The van der Waals surface area contributed by atoms with Crippen molar-refractivity contribution in [2.45, 2.75) is 6.92 Å². The zero-order valence-electron chi connectivity index (χ0n) is 16.3. The molecule has 1 aliphatic rings. The van der Waals surface area contributed by atoms with Crippen LogP contribution in [0.25, 0.3) is 16.8 Å². The lowest BCUT2D eigenvalue weighted by molar-refractivity contribution is 0.122. The maximum atomic E-state index is 12.4. The molecule has 1 unspecified atom stereocenters. The third-order valence-electron chi connectivity index (χ3n) is 4.86. The first-order valence-corrected chi connectivity index (χ1v) is 11.0. The zero-order valence-corrected chi connectivity index (χ0v) is 17.2. The van der Waals surface area contributed by atoms with Crippen LogP contribution >= 0.6 is 0 Å². The van der Waals surface area contributed by atoms with Crippen LogP contribution < -0.4 is 9.62 Å². The van der Waals surface area contributed by atoms with Gasteiger partial charge in [0.05, 0.1) is 13.2 Å². The van der Waals surface area contributed by atoms with Crippen LogP contribution in [-0.2, 0) is 14.8 Å². The Labute approximate surface area is 171 Å². The average molecular weight is 416 g/mol. The lowest BCUT2D eigenvalue weighted by Crippen LogP contribution is -2.36. The zero-order chi connectivity index (χ0) is 20.9. The fourth-order valence-corrected chi connectivity index (χ4v) is 4.15. The smallest absolute Gasteiger partial charge is 0.250 e. The largest absolute Gasteiger partial charge is 0.396 e. The molecule has 0 aliphatic carbocycles. The highest BCUT2D eigenvalue weighted by atomic mass is 32.2. The highest BCUT2D eigenvalue weighted by molar-refractivity contribution is 7.93. The number of aliphatic hydroxyl groups excluding tert-OH is 1. The van der Waals surface area contributed by atoms with Crippen LogP contribution in [0.15, 0.2) is 41.3 Å². The maximum absolute atomic E-state index is 12.4. The van der Waals surface area contributed by atoms with Gasteiger partial charge in [-0.25, -0.2) is 13.1 Å². The van der Waals surface area contributed by atoms with E-state index in [1.807, 2.05) is 24.3 Å². The summed E-state index contributed by atoms with van der Waals surface area (Å²) in [4.78, 5) is 1.92. The second-order valence-corrected chi connectivity index (χ2v) is 8.89. The van der Waals surface area contributed by atoms with Crippen LogP contribution in [-0.4, -0.2) is 53.0 Å². The van der Waals surface area contributed by atoms with Gasteiger partial charge in [-0.1, -0.05) is 25.1 Å². The molecule has 0 amide bonds. The number of benzene rings is 2. The summed E-state index contributed by atoms with van der Waals surface area (Å²) >= 11 is 0. The fourth-order valence-electron chi connectivity index (χ4n) is 3.08. The summed E-state index contributed by atoms with van der Waals surface area (Å²) in [5.41, 5.74) is 1.76. The molecule has 1 aliphatic heterocycles. The minimum atomic E-state index is -3.93. The second-order valence-electron chi connectivity index (χ2n) is 7.15. The van der Waals surface area contributed by atoms with Gasteiger partial charge in [0.15, 0.2) is 4.91 Å². The van der Waals surface area contributed by atoms with Gasteiger partial charge >= 0.3 is 0 Å². The molecule has 2 aromatic rings. The number of morpholine rings is 1. The molecule has 2 N–H and O–H groups in total. The summed E-state index contributed by atoms with van der Waals surface area (Å²) in [6.07, 6.45) is 1.36. The number of rotatable bonds is 7. The Morgan fingerprint density at radius 2 is 1.97 bits per heavy atom. The van der Waals surface area contributed by atoms with Crippen molar-refractivity contribution in [1.29, 1.82) is 5.26 Å². The van der Waals surface area contributed by atoms with Crippen LogP contribution in [0.5, 0.6) is 0 Å². The molecular formula is C21H25N3O4S. The molecule has 3 rings (SSSR count). The molecule has 2 aromatic carbocycles. The predicted octanol–water partition coefficient (Wildman–Crippen LogP) is 2.09. The number of nitriles is 1. The average Bonchev–Trinajstić information content (AvgIpc) is 2.75. The molecule has 8 heteroatoms. The monoisotopic (exact) mass is 415 g/mol. The number of sulfonamides is 1. The van der Waals surface area contributed by atoms with Crippen molar-refractivity contribution in [1.82, 2.24) is 4.72 Å². The van der Waals surface area contributed by atoms with Gasteiger partial charge in [0.25, 0.3) is 10.0 Å². The molecule has 1 saturated heterocycles. The molecule has 7 nitrogen and oxygen atoms in total. The molecule has 1 heterocycles. The van der Waals surface area contributed by atoms with E-state index in [-0.39, 0.29) is 24.0 Å². The van der Waals surface area contributed by atoms with Crippen LogP contribution in [0.2, 0.25) is 0 Å². The van der Waals surface area contributed by atoms with Crippen LogP contribution in [0.4, 0.5) is 5.69 Å². The lowest BCUT2D eigenvalue weighted by Gasteiger charge is -2.29. The molecular weight excluding hydrogens is 390 g/mol. The summed E-state index contributed by atoms with van der Waals surface area (Å²) in [7, 11) is -3.93. The number of anilines is 1. The van der Waals surface area contributed by atoms with Crippen molar-refractivity contribution in [2.24, 2.45) is 5.92 Å². The van der Waals surface area contributed by atoms with Crippen molar-refractivity contribution in [3.8, 4) is 6.07 Å². The van der Waals surface area contributed by atoms with E-state index in [4.69, 9.17) is 9.84 Å². The highest BCUT2D eigenvalue weighted by Crippen LogP contribution is 2.25. The van der Waals surface area contributed by atoms with E-state index in [9.17, 15) is 13.7 Å². The quantitative estimate of drug-likeness (QED) is 0.672. The summed E-state index contributed by atoms with van der Waals surface area (Å²) < 4.78 is 32.5. The predicted molar refractivity (Wildman–Crippen MR) is 114 cm³/mol. The van der Waals surface area contributed by atoms with E-state index in [1.54, 1.807) is 19.1 Å². The Morgan fingerprint density at radius 1 is 1.28 bits per heavy atom. The van der Waals surface area contributed by atoms with Crippen LogP contribution in [0.1, 0.15) is 12.5 Å². The van der Waals surface area contributed by atoms with E-state index in [2.05, 4.69) is 15.7 Å². The van der Waals surface area contributed by atoms with Crippen molar-refractivity contribution in [3.63, 3.8) is 0 Å². The Balaban J connectivity index is 1.84. The van der Waals surface area contributed by atoms with Crippen molar-refractivity contribution >= 4 is 32.6 Å². The molecule has 0 saturated carbocycles.